The van der Waals surface area contributed by atoms with Crippen LogP contribution in [-0.2, 0) is 30.5 Å². The Bertz CT molecular complexity index is 714. The molecule has 3 N–H and O–H groups in total. The highest BCUT2D eigenvalue weighted by Crippen LogP contribution is 2.22. The molecule has 0 aliphatic rings. The third-order valence-electron chi connectivity index (χ3n) is 4.66. The Hall–Kier alpha value is -2.90. The topological polar surface area (TPSA) is 114 Å². The highest BCUT2D eigenvalue weighted by atomic mass is 16.5. The number of nitrogens with one attached hydrogen (secondary N) is 3. The minimum Gasteiger partial charge on any atom is -0.460 e. The minimum absolute atomic E-state index is 0.104. The minimum atomic E-state index is -0.694. The zero-order valence-corrected chi connectivity index (χ0v) is 17.7. The Balaban J connectivity index is 2.50. The number of carbonyl (C=O) groups excluding carboxylic acids is 4. The Labute approximate surface area is 171 Å². The molecule has 1 atom stereocenters. The van der Waals surface area contributed by atoms with Crippen LogP contribution in [-0.4, -0.2) is 36.8 Å². The fourth-order valence-electron chi connectivity index (χ4n) is 2.30. The maximum Gasteiger partial charge on any atom is 0.311 e. The third-order valence-corrected chi connectivity index (χ3v) is 4.66. The van der Waals surface area contributed by atoms with Crippen LogP contribution in [0.1, 0.15) is 46.6 Å². The number of rotatable bonds is 11. The quantitative estimate of drug-likeness (QED) is 0.385. The molecule has 160 valence electrons. The van der Waals surface area contributed by atoms with Crippen molar-refractivity contribution < 1.29 is 23.9 Å². The van der Waals surface area contributed by atoms with Crippen LogP contribution in [0.4, 0.5) is 5.69 Å². The first-order valence-electron chi connectivity index (χ1n) is 9.64. The molecule has 0 aliphatic heterocycles. The first-order chi connectivity index (χ1) is 13.6. The maximum absolute atomic E-state index is 12.0. The summed E-state index contributed by atoms with van der Waals surface area (Å²) in [6, 6.07) is 6.20. The van der Waals surface area contributed by atoms with Gasteiger partial charge in [-0.05, 0) is 43.9 Å². The number of esters is 1. The van der Waals surface area contributed by atoms with E-state index in [-0.39, 0.29) is 25.0 Å². The van der Waals surface area contributed by atoms with Crippen LogP contribution in [0.5, 0.6) is 0 Å². The molecule has 0 spiro atoms. The van der Waals surface area contributed by atoms with Gasteiger partial charge >= 0.3 is 5.97 Å². The first kappa shape index (κ1) is 24.1. The summed E-state index contributed by atoms with van der Waals surface area (Å²) >= 11 is 0. The van der Waals surface area contributed by atoms with Crippen molar-refractivity contribution in [2.75, 3.05) is 11.9 Å². The molecule has 0 saturated heterocycles. The molecule has 1 aromatic carbocycles. The summed E-state index contributed by atoms with van der Waals surface area (Å²) < 4.78 is 5.33. The van der Waals surface area contributed by atoms with Gasteiger partial charge in [0.25, 0.3) is 0 Å². The summed E-state index contributed by atoms with van der Waals surface area (Å²) in [6.45, 7) is 9.14. The Morgan fingerprint density at radius 2 is 1.76 bits per heavy atom. The van der Waals surface area contributed by atoms with Crippen molar-refractivity contribution in [3.63, 3.8) is 0 Å². The van der Waals surface area contributed by atoms with Gasteiger partial charge in [0.15, 0.2) is 0 Å². The highest BCUT2D eigenvalue weighted by molar-refractivity contribution is 5.95. The predicted octanol–water partition coefficient (Wildman–Crippen LogP) is 1.99. The van der Waals surface area contributed by atoms with Crippen LogP contribution >= 0.6 is 0 Å². The number of anilines is 1. The summed E-state index contributed by atoms with van der Waals surface area (Å²) in [5, 5.41) is 7.61. The van der Waals surface area contributed by atoms with Crippen LogP contribution in [0.2, 0.25) is 0 Å². The molecule has 1 aromatic rings. The molecule has 8 nitrogen and oxygen atoms in total. The number of ether oxygens (including phenoxy) is 1. The molecule has 0 radical (unpaired) electrons. The van der Waals surface area contributed by atoms with Gasteiger partial charge in [-0.15, -0.1) is 0 Å². The molecule has 3 amide bonds. The molecule has 0 bridgehead atoms. The molecular weight excluding hydrogens is 374 g/mol. The monoisotopic (exact) mass is 405 g/mol. The lowest BCUT2D eigenvalue weighted by Gasteiger charge is -2.20. The van der Waals surface area contributed by atoms with Crippen LogP contribution in [0.3, 0.4) is 0 Å². The lowest BCUT2D eigenvalue weighted by molar-refractivity contribution is -0.155. The van der Waals surface area contributed by atoms with E-state index >= 15 is 0 Å². The van der Waals surface area contributed by atoms with Crippen molar-refractivity contribution in [2.24, 2.45) is 11.3 Å². The van der Waals surface area contributed by atoms with Crippen molar-refractivity contribution >= 4 is 29.9 Å². The number of amides is 3. The lowest BCUT2D eigenvalue weighted by Crippen LogP contribution is -2.48. The van der Waals surface area contributed by atoms with Crippen molar-refractivity contribution in [1.82, 2.24) is 10.6 Å². The van der Waals surface area contributed by atoms with Gasteiger partial charge in [0.1, 0.15) is 12.6 Å². The van der Waals surface area contributed by atoms with Gasteiger partial charge in [0, 0.05) is 5.69 Å². The normalized spacial score (nSPS) is 12.1. The summed E-state index contributed by atoms with van der Waals surface area (Å²) in [6.07, 6.45) is 1.16. The summed E-state index contributed by atoms with van der Waals surface area (Å²) in [5.41, 5.74) is 0.838. The smallest absolute Gasteiger partial charge is 0.311 e. The molecule has 1 unspecified atom stereocenters. The van der Waals surface area contributed by atoms with E-state index in [9.17, 15) is 19.2 Å². The fraction of sp³-hybridized carbons (Fsp3) is 0.524. The van der Waals surface area contributed by atoms with E-state index in [1.165, 1.54) is 0 Å². The van der Waals surface area contributed by atoms with E-state index in [0.29, 0.717) is 18.5 Å². The highest BCUT2D eigenvalue weighted by Gasteiger charge is 2.27. The van der Waals surface area contributed by atoms with Gasteiger partial charge in [0.2, 0.25) is 18.2 Å². The van der Waals surface area contributed by atoms with E-state index in [0.717, 1.165) is 5.56 Å². The molecular formula is C21H31N3O5. The second-order valence-electron chi connectivity index (χ2n) is 7.78. The van der Waals surface area contributed by atoms with E-state index < -0.39 is 23.3 Å². The van der Waals surface area contributed by atoms with E-state index in [1.54, 1.807) is 38.1 Å². The standard InChI is InChI=1S/C21H31N3O5/c1-6-21(4,5)20(28)29-12-15-7-9-16(10-8-15)24-17(26)11-22-19(27)18(14(2)3)23-13-25/h7-10,13-14,18H,6,11-12H2,1-5H3,(H,22,27)(H,23,25)(H,24,26). The van der Waals surface area contributed by atoms with E-state index in [2.05, 4.69) is 16.0 Å². The van der Waals surface area contributed by atoms with Crippen LogP contribution in [0, 0.1) is 11.3 Å². The van der Waals surface area contributed by atoms with E-state index in [4.69, 9.17) is 4.74 Å². The average molecular weight is 405 g/mol. The Morgan fingerprint density at radius 1 is 1.14 bits per heavy atom. The largest absolute Gasteiger partial charge is 0.460 e. The van der Waals surface area contributed by atoms with Gasteiger partial charge in [-0.1, -0.05) is 32.9 Å². The van der Waals surface area contributed by atoms with Crippen molar-refractivity contribution in [3.05, 3.63) is 29.8 Å². The third kappa shape index (κ3) is 7.93. The van der Waals surface area contributed by atoms with Crippen molar-refractivity contribution in [2.45, 2.75) is 53.7 Å². The summed E-state index contributed by atoms with van der Waals surface area (Å²) in [7, 11) is 0. The van der Waals surface area contributed by atoms with Gasteiger partial charge in [-0.3, -0.25) is 19.2 Å². The number of hydrogen-bond donors (Lipinski definition) is 3. The fourth-order valence-corrected chi connectivity index (χ4v) is 2.30. The molecule has 29 heavy (non-hydrogen) atoms. The zero-order chi connectivity index (χ0) is 22.0. The van der Waals surface area contributed by atoms with Gasteiger partial charge < -0.3 is 20.7 Å². The van der Waals surface area contributed by atoms with Gasteiger partial charge in [-0.2, -0.15) is 0 Å². The second kappa shape index (κ2) is 11.2. The molecule has 0 aromatic heterocycles. The Kier molecular flexibility index (Phi) is 9.31. The number of hydrogen-bond acceptors (Lipinski definition) is 5. The van der Waals surface area contributed by atoms with Gasteiger partial charge in [-0.25, -0.2) is 0 Å². The summed E-state index contributed by atoms with van der Waals surface area (Å²) in [4.78, 5) is 46.6. The molecule has 0 heterocycles. The summed E-state index contributed by atoms with van der Waals surface area (Å²) in [5.74, 6) is -1.17. The average Bonchev–Trinajstić information content (AvgIpc) is 2.69. The molecule has 0 saturated carbocycles. The van der Waals surface area contributed by atoms with Crippen LogP contribution < -0.4 is 16.0 Å². The predicted molar refractivity (Wildman–Crippen MR) is 110 cm³/mol. The maximum atomic E-state index is 12.0. The number of carbonyl (C=O) groups is 4. The van der Waals surface area contributed by atoms with E-state index in [1.807, 2.05) is 20.8 Å². The van der Waals surface area contributed by atoms with Crippen LogP contribution in [0.15, 0.2) is 24.3 Å². The SMILES string of the molecule is CCC(C)(C)C(=O)OCc1ccc(NC(=O)CNC(=O)C(NC=O)C(C)C)cc1. The zero-order valence-electron chi connectivity index (χ0n) is 17.7. The second-order valence-corrected chi connectivity index (χ2v) is 7.78. The molecule has 1 rings (SSSR count). The molecule has 0 fully saturated rings. The van der Waals surface area contributed by atoms with Crippen molar-refractivity contribution in [3.8, 4) is 0 Å². The Morgan fingerprint density at radius 3 is 2.28 bits per heavy atom. The van der Waals surface area contributed by atoms with Gasteiger partial charge in [0.05, 0.1) is 12.0 Å². The number of benzene rings is 1. The molecule has 8 heteroatoms. The first-order valence-corrected chi connectivity index (χ1v) is 9.64. The van der Waals surface area contributed by atoms with Crippen LogP contribution in [0.25, 0.3) is 0 Å². The van der Waals surface area contributed by atoms with Crippen molar-refractivity contribution in [1.29, 1.82) is 0 Å². The lowest BCUT2D eigenvalue weighted by atomic mass is 9.91. The molecule has 0 aliphatic carbocycles.